The first kappa shape index (κ1) is 23.5. The number of anilines is 2. The molecule has 31 heavy (non-hydrogen) atoms. The van der Waals surface area contributed by atoms with Crippen molar-refractivity contribution in [1.82, 2.24) is 9.97 Å². The van der Waals surface area contributed by atoms with Crippen molar-refractivity contribution in [3.63, 3.8) is 0 Å². The summed E-state index contributed by atoms with van der Waals surface area (Å²) in [5.41, 5.74) is 1.39. The number of nitrogens with one attached hydrogen (secondary N) is 2. The highest BCUT2D eigenvalue weighted by atomic mass is 79.9. The van der Waals surface area contributed by atoms with Gasteiger partial charge in [-0.1, -0.05) is 35.3 Å². The number of hydrogen-bond acceptors (Lipinski definition) is 5. The third-order valence-corrected chi connectivity index (χ3v) is 5.76. The normalized spacial score (nSPS) is 11.6. The van der Waals surface area contributed by atoms with Crippen molar-refractivity contribution in [1.29, 1.82) is 0 Å². The summed E-state index contributed by atoms with van der Waals surface area (Å²) in [6, 6.07) is 7.67. The van der Waals surface area contributed by atoms with Gasteiger partial charge in [0.2, 0.25) is 0 Å². The summed E-state index contributed by atoms with van der Waals surface area (Å²) in [6.45, 7) is 0. The van der Waals surface area contributed by atoms with Crippen molar-refractivity contribution in [3.05, 3.63) is 79.0 Å². The number of benzene rings is 1. The number of carboxylic acid groups (broad SMARTS) is 1. The lowest BCUT2D eigenvalue weighted by Crippen LogP contribution is -2.32. The second-order valence-electron chi connectivity index (χ2n) is 6.35. The fourth-order valence-electron chi connectivity index (χ4n) is 2.67. The molecule has 1 aromatic carbocycles. The molecule has 0 fully saturated rings. The molecule has 1 unspecified atom stereocenters. The van der Waals surface area contributed by atoms with Crippen molar-refractivity contribution < 1.29 is 14.7 Å². The summed E-state index contributed by atoms with van der Waals surface area (Å²) in [4.78, 5) is 32.2. The van der Waals surface area contributed by atoms with Crippen LogP contribution in [0.15, 0.2) is 57.9 Å². The van der Waals surface area contributed by atoms with E-state index in [0.29, 0.717) is 16.0 Å². The summed E-state index contributed by atoms with van der Waals surface area (Å²) in [5, 5.41) is 15.5. The Morgan fingerprint density at radius 1 is 1.06 bits per heavy atom. The highest BCUT2D eigenvalue weighted by Crippen LogP contribution is 2.26. The van der Waals surface area contributed by atoms with Crippen LogP contribution in [0.2, 0.25) is 10.0 Å². The third-order valence-electron chi connectivity index (χ3n) is 4.15. The fraction of sp³-hybridized carbons (Fsp3) is 0.100. The zero-order valence-corrected chi connectivity index (χ0v) is 20.3. The maximum Gasteiger partial charge on any atom is 0.326 e. The van der Waals surface area contributed by atoms with Crippen LogP contribution >= 0.6 is 55.1 Å². The largest absolute Gasteiger partial charge is 0.480 e. The summed E-state index contributed by atoms with van der Waals surface area (Å²) in [6.07, 6.45) is 4.45. The molecule has 1 atom stereocenters. The van der Waals surface area contributed by atoms with E-state index < -0.39 is 17.9 Å². The number of amides is 1. The number of rotatable bonds is 7. The number of carboxylic acids is 1. The maximum atomic E-state index is 12.5. The average molecular weight is 589 g/mol. The van der Waals surface area contributed by atoms with E-state index in [0.717, 1.165) is 10.0 Å². The minimum absolute atomic E-state index is 0.130. The zero-order valence-electron chi connectivity index (χ0n) is 15.6. The Hall–Kier alpha value is -2.20. The molecule has 0 saturated carbocycles. The monoisotopic (exact) mass is 586 g/mol. The highest BCUT2D eigenvalue weighted by Gasteiger charge is 2.20. The predicted molar refractivity (Wildman–Crippen MR) is 127 cm³/mol. The molecule has 2 heterocycles. The van der Waals surface area contributed by atoms with Gasteiger partial charge in [0.1, 0.15) is 11.9 Å². The minimum atomic E-state index is -1.02. The van der Waals surface area contributed by atoms with Gasteiger partial charge >= 0.3 is 5.97 Å². The molecule has 0 aliphatic carbocycles. The van der Waals surface area contributed by atoms with Gasteiger partial charge in [-0.25, -0.2) is 9.78 Å². The summed E-state index contributed by atoms with van der Waals surface area (Å²) in [5.74, 6) is -1.07. The van der Waals surface area contributed by atoms with Crippen LogP contribution in [0.4, 0.5) is 11.5 Å². The summed E-state index contributed by atoms with van der Waals surface area (Å²) >= 11 is 18.7. The molecule has 1 amide bonds. The Morgan fingerprint density at radius 3 is 2.29 bits per heavy atom. The fourth-order valence-corrected chi connectivity index (χ4v) is 4.31. The molecule has 2 aromatic heterocycles. The van der Waals surface area contributed by atoms with Gasteiger partial charge < -0.3 is 15.7 Å². The Morgan fingerprint density at radius 2 is 1.71 bits per heavy atom. The molecule has 0 spiro atoms. The van der Waals surface area contributed by atoms with E-state index in [9.17, 15) is 14.7 Å². The molecule has 3 N–H and O–H groups in total. The lowest BCUT2D eigenvalue weighted by atomic mass is 10.1. The number of carbonyl (C=O) groups excluding carboxylic acids is 1. The SMILES string of the molecule is O=C(Nc1ccc(CC(Nc2ncc(Br)cc2Br)C(=O)O)cc1)c1c(Cl)cncc1Cl. The van der Waals surface area contributed by atoms with E-state index >= 15 is 0 Å². The number of nitrogens with zero attached hydrogens (tertiary/aromatic N) is 2. The molecule has 3 rings (SSSR count). The van der Waals surface area contributed by atoms with Crippen LogP contribution in [0.3, 0.4) is 0 Å². The van der Waals surface area contributed by atoms with Crippen LogP contribution in [-0.2, 0) is 11.2 Å². The van der Waals surface area contributed by atoms with Gasteiger partial charge in [-0.2, -0.15) is 0 Å². The van der Waals surface area contributed by atoms with Gasteiger partial charge in [0.15, 0.2) is 0 Å². The van der Waals surface area contributed by atoms with Crippen molar-refractivity contribution >= 4 is 78.4 Å². The molecular formula is C20H14Br2Cl2N4O3. The van der Waals surface area contributed by atoms with E-state index in [2.05, 4.69) is 52.5 Å². The number of carbonyl (C=O) groups is 2. The summed E-state index contributed by atoms with van der Waals surface area (Å²) < 4.78 is 1.41. The molecule has 0 radical (unpaired) electrons. The predicted octanol–water partition coefficient (Wildman–Crippen LogP) is 5.67. The van der Waals surface area contributed by atoms with Crippen molar-refractivity contribution in [2.75, 3.05) is 10.6 Å². The lowest BCUT2D eigenvalue weighted by Gasteiger charge is -2.16. The van der Waals surface area contributed by atoms with Crippen LogP contribution in [0.25, 0.3) is 0 Å². The Bertz CT molecular complexity index is 1110. The van der Waals surface area contributed by atoms with E-state index in [1.54, 1.807) is 36.5 Å². The van der Waals surface area contributed by atoms with E-state index in [4.69, 9.17) is 23.2 Å². The van der Waals surface area contributed by atoms with Gasteiger partial charge in [0.25, 0.3) is 5.91 Å². The van der Waals surface area contributed by atoms with Crippen molar-refractivity contribution in [2.24, 2.45) is 0 Å². The van der Waals surface area contributed by atoms with Crippen LogP contribution in [0.5, 0.6) is 0 Å². The van der Waals surface area contributed by atoms with E-state index in [1.807, 2.05) is 0 Å². The first-order chi connectivity index (χ1) is 14.7. The van der Waals surface area contributed by atoms with Gasteiger partial charge in [-0.05, 0) is 55.6 Å². The third kappa shape index (κ3) is 6.16. The number of aromatic nitrogens is 2. The van der Waals surface area contributed by atoms with E-state index in [-0.39, 0.29) is 22.0 Å². The standard InChI is InChI=1S/C20H14Br2Cl2N4O3/c21-11-6-13(22)18(26-7-11)28-16(20(30)31)5-10-1-3-12(4-2-10)27-19(29)17-14(23)8-25-9-15(17)24/h1-4,6-9,16H,5H2,(H,26,28)(H,27,29)(H,30,31). The molecule has 0 bridgehead atoms. The van der Waals surface area contributed by atoms with Gasteiger partial charge in [-0.3, -0.25) is 9.78 Å². The van der Waals surface area contributed by atoms with Crippen LogP contribution in [0.1, 0.15) is 15.9 Å². The highest BCUT2D eigenvalue weighted by molar-refractivity contribution is 9.11. The Labute approximate surface area is 204 Å². The lowest BCUT2D eigenvalue weighted by molar-refractivity contribution is -0.137. The van der Waals surface area contributed by atoms with Crippen molar-refractivity contribution in [2.45, 2.75) is 12.5 Å². The van der Waals surface area contributed by atoms with E-state index in [1.165, 1.54) is 12.4 Å². The number of halogens is 4. The molecule has 0 saturated heterocycles. The Balaban J connectivity index is 1.69. The van der Waals surface area contributed by atoms with Crippen LogP contribution in [-0.4, -0.2) is 33.0 Å². The number of hydrogen-bond donors (Lipinski definition) is 3. The summed E-state index contributed by atoms with van der Waals surface area (Å²) in [7, 11) is 0. The molecule has 3 aromatic rings. The molecule has 11 heteroatoms. The number of pyridine rings is 2. The number of aliphatic carboxylic acids is 1. The van der Waals surface area contributed by atoms with Crippen LogP contribution < -0.4 is 10.6 Å². The van der Waals surface area contributed by atoms with Gasteiger partial charge in [-0.15, -0.1) is 0 Å². The molecule has 160 valence electrons. The second kappa shape index (κ2) is 10.4. The topological polar surface area (TPSA) is 104 Å². The zero-order chi connectivity index (χ0) is 22.5. The molecule has 7 nitrogen and oxygen atoms in total. The van der Waals surface area contributed by atoms with Crippen molar-refractivity contribution in [3.8, 4) is 0 Å². The van der Waals surface area contributed by atoms with Crippen LogP contribution in [0, 0.1) is 0 Å². The quantitative estimate of drug-likeness (QED) is 0.329. The van der Waals surface area contributed by atoms with Gasteiger partial charge in [0, 0.05) is 35.2 Å². The maximum absolute atomic E-state index is 12.5. The second-order valence-corrected chi connectivity index (χ2v) is 8.94. The average Bonchev–Trinajstić information content (AvgIpc) is 2.70. The minimum Gasteiger partial charge on any atom is -0.480 e. The molecule has 0 aliphatic rings. The molecule has 0 aliphatic heterocycles. The first-order valence-electron chi connectivity index (χ1n) is 8.74. The molecular weight excluding hydrogens is 575 g/mol. The Kier molecular flexibility index (Phi) is 7.88. The smallest absolute Gasteiger partial charge is 0.326 e. The van der Waals surface area contributed by atoms with Gasteiger partial charge in [0.05, 0.1) is 20.1 Å². The first-order valence-corrected chi connectivity index (χ1v) is 11.1.